The molecule has 0 aliphatic heterocycles. The van der Waals surface area contributed by atoms with Crippen molar-refractivity contribution in [3.05, 3.63) is 101 Å². The van der Waals surface area contributed by atoms with E-state index >= 15 is 0 Å². The molecule has 3 aromatic carbocycles. The summed E-state index contributed by atoms with van der Waals surface area (Å²) in [6.07, 6.45) is 1.64. The summed E-state index contributed by atoms with van der Waals surface area (Å²) < 4.78 is 34.9. The Bertz CT molecular complexity index is 1600. The molecule has 0 fully saturated rings. The quantitative estimate of drug-likeness (QED) is 0.264. The highest BCUT2D eigenvalue weighted by atomic mass is 32.2. The van der Waals surface area contributed by atoms with Gasteiger partial charge in [0.25, 0.3) is 10.0 Å². The highest BCUT2D eigenvalue weighted by molar-refractivity contribution is 7.90. The number of hydrogen-bond acceptors (Lipinski definition) is 5. The maximum Gasteiger partial charge on any atom is 0.303 e. The third-order valence-electron chi connectivity index (χ3n) is 5.67. The number of carboxylic acid groups (broad SMARTS) is 1. The van der Waals surface area contributed by atoms with Crippen molar-refractivity contribution in [2.45, 2.75) is 17.7 Å². The van der Waals surface area contributed by atoms with Crippen LogP contribution in [0.3, 0.4) is 0 Å². The molecule has 5 rings (SSSR count). The lowest BCUT2D eigenvalue weighted by molar-refractivity contribution is -0.136. The molecule has 0 unspecified atom stereocenters. The Hall–Kier alpha value is -3.88. The van der Waals surface area contributed by atoms with Gasteiger partial charge >= 0.3 is 5.97 Å². The van der Waals surface area contributed by atoms with Crippen LogP contribution in [0, 0.1) is 0 Å². The molecule has 0 atom stereocenters. The maximum atomic E-state index is 13.9. The Balaban J connectivity index is 1.64. The van der Waals surface area contributed by atoms with Crippen LogP contribution in [-0.2, 0) is 21.2 Å². The highest BCUT2D eigenvalue weighted by Crippen LogP contribution is 2.35. The fraction of sp³-hybridized carbons (Fsp3) is 0.0741. The molecule has 0 aliphatic rings. The van der Waals surface area contributed by atoms with Gasteiger partial charge in [0, 0.05) is 18.0 Å². The summed E-state index contributed by atoms with van der Waals surface area (Å²) in [7, 11) is -4.05. The normalized spacial score (nSPS) is 11.5. The fourth-order valence-electron chi connectivity index (χ4n) is 3.98. The van der Waals surface area contributed by atoms with Crippen LogP contribution in [0.25, 0.3) is 22.0 Å². The van der Waals surface area contributed by atoms with Gasteiger partial charge in [-0.1, -0.05) is 36.4 Å². The number of carbonyl (C=O) groups is 1. The highest BCUT2D eigenvalue weighted by Gasteiger charge is 2.25. The number of benzene rings is 3. The SMILES string of the molecule is O=C(O)CCc1cn(S(=O)(=O)c2ccccc2Oc2ccccc2)c2ccc(-c3ccsc3)cc12. The van der Waals surface area contributed by atoms with Crippen LogP contribution in [0.5, 0.6) is 11.5 Å². The lowest BCUT2D eigenvalue weighted by Gasteiger charge is -2.13. The molecule has 1 N–H and O–H groups in total. The van der Waals surface area contributed by atoms with Gasteiger partial charge < -0.3 is 9.84 Å². The van der Waals surface area contributed by atoms with Gasteiger partial charge in [-0.25, -0.2) is 12.4 Å². The van der Waals surface area contributed by atoms with Crippen molar-refractivity contribution in [3.63, 3.8) is 0 Å². The number of aliphatic carboxylic acids is 1. The summed E-state index contributed by atoms with van der Waals surface area (Å²) in [4.78, 5) is 11.3. The molecule has 0 saturated carbocycles. The summed E-state index contributed by atoms with van der Waals surface area (Å²) in [5.41, 5.74) is 3.11. The predicted octanol–water partition coefficient (Wildman–Crippen LogP) is 6.42. The summed E-state index contributed by atoms with van der Waals surface area (Å²) in [5, 5.41) is 13.9. The van der Waals surface area contributed by atoms with Gasteiger partial charge in [0.1, 0.15) is 16.4 Å². The van der Waals surface area contributed by atoms with E-state index < -0.39 is 16.0 Å². The predicted molar refractivity (Wildman–Crippen MR) is 137 cm³/mol. The van der Waals surface area contributed by atoms with E-state index in [4.69, 9.17) is 4.74 Å². The molecule has 2 aromatic heterocycles. The average molecular weight is 504 g/mol. The molecule has 0 aliphatic carbocycles. The number of fused-ring (bicyclic) bond motifs is 1. The Labute approximate surface area is 206 Å². The van der Waals surface area contributed by atoms with Crippen LogP contribution in [0.15, 0.2) is 101 Å². The number of aryl methyl sites for hydroxylation is 1. The van der Waals surface area contributed by atoms with E-state index in [0.717, 1.165) is 11.1 Å². The molecule has 176 valence electrons. The molecule has 6 nitrogen and oxygen atoms in total. The average Bonchev–Trinajstić information content (AvgIpc) is 3.52. The van der Waals surface area contributed by atoms with E-state index in [2.05, 4.69) is 0 Å². The van der Waals surface area contributed by atoms with Gasteiger partial charge in [0.2, 0.25) is 0 Å². The van der Waals surface area contributed by atoms with Gasteiger partial charge in [0.05, 0.1) is 5.52 Å². The Kier molecular flexibility index (Phi) is 6.15. The number of carboxylic acids is 1. The minimum absolute atomic E-state index is 0.0208. The first-order chi connectivity index (χ1) is 16.9. The molecular formula is C27H21NO5S2. The molecule has 0 spiro atoms. The zero-order chi connectivity index (χ0) is 24.4. The first-order valence-corrected chi connectivity index (χ1v) is 13.3. The topological polar surface area (TPSA) is 85.6 Å². The van der Waals surface area contributed by atoms with E-state index in [1.165, 1.54) is 16.2 Å². The van der Waals surface area contributed by atoms with E-state index in [1.54, 1.807) is 47.7 Å². The van der Waals surface area contributed by atoms with E-state index in [9.17, 15) is 18.3 Å². The van der Waals surface area contributed by atoms with Gasteiger partial charge in [-0.3, -0.25) is 4.79 Å². The molecular weight excluding hydrogens is 482 g/mol. The number of para-hydroxylation sites is 2. The molecule has 2 heterocycles. The van der Waals surface area contributed by atoms with Crippen molar-refractivity contribution in [3.8, 4) is 22.6 Å². The smallest absolute Gasteiger partial charge is 0.303 e. The van der Waals surface area contributed by atoms with Crippen LogP contribution in [0.2, 0.25) is 0 Å². The molecule has 35 heavy (non-hydrogen) atoms. The molecule has 5 aromatic rings. The fourth-order valence-corrected chi connectivity index (χ4v) is 6.16. The standard InChI is InChI=1S/C27H21NO5S2/c29-27(30)13-11-20-17-28(24-12-10-19(16-23(20)24)21-14-15-34-18-21)35(31,32)26-9-5-4-8-25(26)33-22-6-2-1-3-7-22/h1-10,12,14-18H,11,13H2,(H,29,30). The Morgan fingerprint density at radius 3 is 2.46 bits per heavy atom. The van der Waals surface area contributed by atoms with Gasteiger partial charge in [-0.15, -0.1) is 0 Å². The van der Waals surface area contributed by atoms with Crippen LogP contribution in [0.1, 0.15) is 12.0 Å². The van der Waals surface area contributed by atoms with Gasteiger partial charge in [0.15, 0.2) is 0 Å². The summed E-state index contributed by atoms with van der Waals surface area (Å²) >= 11 is 1.57. The molecule has 0 radical (unpaired) electrons. The third-order valence-corrected chi connectivity index (χ3v) is 8.07. The molecule has 8 heteroatoms. The van der Waals surface area contributed by atoms with Crippen LogP contribution >= 0.6 is 11.3 Å². The maximum absolute atomic E-state index is 13.9. The van der Waals surface area contributed by atoms with Crippen molar-refractivity contribution < 1.29 is 23.1 Å². The lowest BCUT2D eigenvalue weighted by Crippen LogP contribution is -2.13. The Morgan fingerprint density at radius 1 is 0.943 bits per heavy atom. The number of rotatable bonds is 8. The minimum Gasteiger partial charge on any atom is -0.481 e. The lowest BCUT2D eigenvalue weighted by atomic mass is 10.0. The number of thiophene rings is 1. The second kappa shape index (κ2) is 9.40. The summed E-state index contributed by atoms with van der Waals surface area (Å²) in [6, 6.07) is 23.0. The largest absolute Gasteiger partial charge is 0.481 e. The zero-order valence-electron chi connectivity index (χ0n) is 18.5. The minimum atomic E-state index is -4.05. The van der Waals surface area contributed by atoms with Crippen LogP contribution < -0.4 is 4.74 Å². The second-order valence-corrected chi connectivity index (χ2v) is 10.5. The zero-order valence-corrected chi connectivity index (χ0v) is 20.1. The van der Waals surface area contributed by atoms with Crippen molar-refractivity contribution in [2.24, 2.45) is 0 Å². The second-order valence-electron chi connectivity index (χ2n) is 7.95. The first kappa shape index (κ1) is 22.9. The van der Waals surface area contributed by atoms with Crippen molar-refractivity contribution in [1.82, 2.24) is 3.97 Å². The van der Waals surface area contributed by atoms with Crippen LogP contribution in [-0.4, -0.2) is 23.5 Å². The monoisotopic (exact) mass is 503 g/mol. The van der Waals surface area contributed by atoms with Crippen molar-refractivity contribution in [1.29, 1.82) is 0 Å². The van der Waals surface area contributed by atoms with Crippen molar-refractivity contribution in [2.75, 3.05) is 0 Å². The third kappa shape index (κ3) is 4.58. The van der Waals surface area contributed by atoms with E-state index in [0.29, 0.717) is 22.2 Å². The number of ether oxygens (including phenoxy) is 1. The summed E-state index contributed by atoms with van der Waals surface area (Å²) in [6.45, 7) is 0. The molecule has 0 bridgehead atoms. The Morgan fingerprint density at radius 2 is 1.71 bits per heavy atom. The van der Waals surface area contributed by atoms with E-state index in [1.807, 2.05) is 47.2 Å². The van der Waals surface area contributed by atoms with Crippen LogP contribution in [0.4, 0.5) is 0 Å². The molecule has 0 amide bonds. The number of nitrogens with zero attached hydrogens (tertiary/aromatic N) is 1. The molecule has 0 saturated heterocycles. The van der Waals surface area contributed by atoms with Gasteiger partial charge in [-0.05, 0) is 76.3 Å². The van der Waals surface area contributed by atoms with Gasteiger partial charge in [-0.2, -0.15) is 11.3 Å². The first-order valence-electron chi connectivity index (χ1n) is 10.9. The number of hydrogen-bond donors (Lipinski definition) is 1. The van der Waals surface area contributed by atoms with E-state index in [-0.39, 0.29) is 23.5 Å². The summed E-state index contributed by atoms with van der Waals surface area (Å²) in [5.74, 6) is -0.207. The number of aromatic nitrogens is 1. The van der Waals surface area contributed by atoms with Crippen molar-refractivity contribution >= 4 is 38.2 Å².